The van der Waals surface area contributed by atoms with E-state index >= 15 is 0 Å². The summed E-state index contributed by atoms with van der Waals surface area (Å²) in [6, 6.07) is 121. The number of allylic oxidation sites excluding steroid dienone is 4. The Kier molecular flexibility index (Phi) is 16.2. The molecule has 552 valence electrons. The number of hydrogen-bond acceptors (Lipinski definition) is 3. The van der Waals surface area contributed by atoms with Gasteiger partial charge in [0, 0.05) is 150 Å². The van der Waals surface area contributed by atoms with E-state index in [1.165, 1.54) is 104 Å². The molecule has 14 aromatic carbocycles. The molecule has 1 aliphatic carbocycles. The molecule has 8 nitrogen and oxygen atoms in total. The quantitative estimate of drug-likeness (QED) is 0.102. The molecule has 0 aliphatic heterocycles. The lowest BCUT2D eigenvalue weighted by molar-refractivity contribution is 0.705. The number of rotatable bonds is 14. The van der Waals surface area contributed by atoms with Crippen molar-refractivity contribution >= 4 is 182 Å². The standard InChI is InChI=1S/C103H92N8Si2/c1-69-30-18-24-40-91(69)109-94-43-27-21-37-83(94)88-61-56-80(68-101(88)109)106(77-58-63-98-90(65-77)85-39-23-29-45-96(85)111(98)113(10,11)103(5,6)7)75-52-48-73(49-53-75)104(78-54-59-86-81-35-19-25-41-92(81)107(99(86)66-78)70-31-14-12-15-32-70)72-46-50-74(51-47-72)105(76-57-62-97-89(64-76)84-38-22-28-44-95(84)110(97)112(8,9)102(2,3)4)79-55-60-87-82-36-20-26-42-93(82)108(100(87)67-79)71-33-16-13-17-34-71/h12-29,31-69H,30H2,1-11H3. The maximum absolute atomic E-state index is 2.73. The van der Waals surface area contributed by atoms with Crippen LogP contribution in [-0.2, 0) is 0 Å². The average molecular weight is 1500 g/mol. The van der Waals surface area contributed by atoms with Gasteiger partial charge in [0.1, 0.15) is 0 Å². The van der Waals surface area contributed by atoms with Crippen molar-refractivity contribution in [2.24, 2.45) is 5.92 Å². The van der Waals surface area contributed by atoms with Crippen LogP contribution in [0.4, 0.5) is 51.2 Å². The van der Waals surface area contributed by atoms with Gasteiger partial charge in [0.25, 0.3) is 0 Å². The van der Waals surface area contributed by atoms with Gasteiger partial charge in [-0.25, -0.2) is 0 Å². The SMILES string of the molecule is CC1CC=CC=C1n1c2ccccc2c2ccc(N(c3ccc(N(c4ccc(N(c5ccc6c(c5)c5ccccc5n6[Si](C)(C)C(C)(C)C)c5ccc6c7ccccc7n(-c7ccccc7)c6c5)cc4)c4ccc5c6ccccc6n(-c6ccccc6)c5c4)cc3)c3ccc4c(c3)c3ccccc3n4[Si](C)(C)C(C)(C)C)cc21. The summed E-state index contributed by atoms with van der Waals surface area (Å²) in [6.45, 7) is 27.0. The topological polar surface area (TPSA) is 34.4 Å². The lowest BCUT2D eigenvalue weighted by Crippen LogP contribution is -2.45. The molecule has 0 N–H and O–H groups in total. The first-order valence-corrected chi connectivity index (χ1v) is 45.9. The number of fused-ring (bicyclic) bond motifs is 15. The third-order valence-corrected chi connectivity index (χ3v) is 36.3. The van der Waals surface area contributed by atoms with Crippen molar-refractivity contribution in [1.82, 2.24) is 22.2 Å². The van der Waals surface area contributed by atoms with Crippen molar-refractivity contribution in [3.63, 3.8) is 0 Å². The summed E-state index contributed by atoms with van der Waals surface area (Å²) in [7, 11) is -4.28. The lowest BCUT2D eigenvalue weighted by Gasteiger charge is -2.39. The zero-order valence-corrected chi connectivity index (χ0v) is 68.2. The van der Waals surface area contributed by atoms with Crippen LogP contribution in [0.15, 0.2) is 340 Å². The molecular weight excluding hydrogens is 1410 g/mol. The molecule has 0 saturated heterocycles. The first kappa shape index (κ1) is 69.6. The molecule has 1 unspecified atom stereocenters. The molecular formula is C103H92N8Si2. The monoisotopic (exact) mass is 1500 g/mol. The van der Waals surface area contributed by atoms with Crippen molar-refractivity contribution in [1.29, 1.82) is 0 Å². The fourth-order valence-corrected chi connectivity index (χ4v) is 22.8. The summed E-state index contributed by atoms with van der Waals surface area (Å²) in [6.07, 6.45) is 7.86. The van der Waals surface area contributed by atoms with E-state index in [4.69, 9.17) is 0 Å². The first-order chi connectivity index (χ1) is 54.8. The summed E-state index contributed by atoms with van der Waals surface area (Å²) < 4.78 is 12.9. The van der Waals surface area contributed by atoms with E-state index in [0.29, 0.717) is 5.92 Å². The van der Waals surface area contributed by atoms with E-state index in [-0.39, 0.29) is 10.1 Å². The van der Waals surface area contributed by atoms with E-state index in [1.54, 1.807) is 0 Å². The van der Waals surface area contributed by atoms with Gasteiger partial charge >= 0.3 is 0 Å². The maximum Gasteiger partial charge on any atom is 0.161 e. The van der Waals surface area contributed by atoms with Crippen LogP contribution < -0.4 is 14.7 Å². The van der Waals surface area contributed by atoms with Gasteiger partial charge < -0.3 is 36.9 Å². The largest absolute Gasteiger partial charge is 0.368 e. The van der Waals surface area contributed by atoms with Crippen LogP contribution in [0.25, 0.3) is 126 Å². The Labute approximate surface area is 663 Å². The fourth-order valence-electron chi connectivity index (χ4n) is 18.2. The molecule has 1 atom stereocenters. The van der Waals surface area contributed by atoms with E-state index in [1.807, 2.05) is 0 Å². The van der Waals surface area contributed by atoms with Crippen molar-refractivity contribution < 1.29 is 0 Å². The summed E-state index contributed by atoms with van der Waals surface area (Å²) in [5, 5.41) is 12.6. The first-order valence-electron chi connectivity index (χ1n) is 40.0. The molecule has 0 bridgehead atoms. The van der Waals surface area contributed by atoms with Crippen LogP contribution in [0.5, 0.6) is 0 Å². The average Bonchev–Trinajstić information content (AvgIpc) is 1.60. The molecule has 0 saturated carbocycles. The summed E-state index contributed by atoms with van der Waals surface area (Å²) in [5.74, 6) is 0.338. The van der Waals surface area contributed by atoms with Crippen molar-refractivity contribution in [3.8, 4) is 11.4 Å². The molecule has 0 fully saturated rings. The smallest absolute Gasteiger partial charge is 0.161 e. The highest BCUT2D eigenvalue weighted by Gasteiger charge is 2.41. The molecule has 5 heterocycles. The number of nitrogens with zero attached hydrogens (tertiary/aromatic N) is 8. The van der Waals surface area contributed by atoms with Gasteiger partial charge in [-0.3, -0.25) is 0 Å². The van der Waals surface area contributed by atoms with Gasteiger partial charge in [0.05, 0.1) is 33.1 Å². The van der Waals surface area contributed by atoms with Crippen LogP contribution in [0.2, 0.25) is 36.3 Å². The summed E-state index contributed by atoms with van der Waals surface area (Å²) in [5.41, 5.74) is 25.2. The lowest BCUT2D eigenvalue weighted by atomic mass is 9.98. The van der Waals surface area contributed by atoms with E-state index < -0.39 is 16.5 Å². The minimum Gasteiger partial charge on any atom is -0.368 e. The van der Waals surface area contributed by atoms with E-state index in [2.05, 4.69) is 451 Å². The zero-order valence-electron chi connectivity index (χ0n) is 66.2. The fraction of sp³-hybridized carbons (Fsp3) is 0.146. The summed E-state index contributed by atoms with van der Waals surface area (Å²) >= 11 is 0. The van der Waals surface area contributed by atoms with Gasteiger partial charge in [-0.1, -0.05) is 232 Å². The molecule has 20 rings (SSSR count). The number of benzene rings is 14. The zero-order chi connectivity index (χ0) is 77.0. The van der Waals surface area contributed by atoms with Crippen LogP contribution >= 0.6 is 0 Å². The van der Waals surface area contributed by atoms with Crippen molar-refractivity contribution in [3.05, 3.63) is 340 Å². The van der Waals surface area contributed by atoms with Crippen LogP contribution in [0.1, 0.15) is 54.9 Å². The molecule has 0 spiro atoms. The normalized spacial score (nSPS) is 13.9. The molecule has 10 heteroatoms. The van der Waals surface area contributed by atoms with Crippen LogP contribution in [0.3, 0.4) is 0 Å². The highest BCUT2D eigenvalue weighted by atomic mass is 28.3. The Hall–Kier alpha value is -12.6. The minimum atomic E-state index is -2.14. The second-order valence-electron chi connectivity index (χ2n) is 34.3. The van der Waals surface area contributed by atoms with Crippen molar-refractivity contribution in [2.75, 3.05) is 14.7 Å². The Morgan fingerprint density at radius 1 is 0.265 bits per heavy atom. The number of hydrogen-bond donors (Lipinski definition) is 0. The highest BCUT2D eigenvalue weighted by Crippen LogP contribution is 2.51. The van der Waals surface area contributed by atoms with Crippen LogP contribution in [-0.4, -0.2) is 38.6 Å². The van der Waals surface area contributed by atoms with Gasteiger partial charge in [-0.15, -0.1) is 0 Å². The minimum absolute atomic E-state index is 0.0941. The maximum atomic E-state index is 2.73. The third kappa shape index (κ3) is 11.0. The van der Waals surface area contributed by atoms with E-state index in [0.717, 1.165) is 80.0 Å². The molecule has 0 radical (unpaired) electrons. The van der Waals surface area contributed by atoms with Gasteiger partial charge in [-0.05, 0) is 198 Å². The molecule has 0 amide bonds. The Morgan fingerprint density at radius 2 is 0.531 bits per heavy atom. The van der Waals surface area contributed by atoms with Crippen molar-refractivity contribution in [2.45, 2.75) is 91.2 Å². The summed E-state index contributed by atoms with van der Waals surface area (Å²) in [4.78, 5) is 7.44. The number of aromatic nitrogens is 5. The second kappa shape index (κ2) is 26.3. The van der Waals surface area contributed by atoms with Crippen LogP contribution in [0, 0.1) is 5.92 Å². The predicted octanol–water partition coefficient (Wildman–Crippen LogP) is 29.8. The Bertz CT molecular complexity index is 7070. The Morgan fingerprint density at radius 3 is 0.885 bits per heavy atom. The van der Waals surface area contributed by atoms with Gasteiger partial charge in [0.15, 0.2) is 16.5 Å². The van der Waals surface area contributed by atoms with Gasteiger partial charge in [-0.2, -0.15) is 0 Å². The van der Waals surface area contributed by atoms with Gasteiger partial charge in [0.2, 0.25) is 0 Å². The molecule has 5 aromatic heterocycles. The number of anilines is 9. The highest BCUT2D eigenvalue weighted by molar-refractivity contribution is 6.81. The second-order valence-corrected chi connectivity index (χ2v) is 44.4. The Balaban J connectivity index is 0.790. The molecule has 19 aromatic rings. The molecule has 1 aliphatic rings. The number of para-hydroxylation sites is 7. The third-order valence-electron chi connectivity index (χ3n) is 25.8. The predicted molar refractivity (Wildman–Crippen MR) is 491 cm³/mol. The molecule has 113 heavy (non-hydrogen) atoms. The van der Waals surface area contributed by atoms with E-state index in [9.17, 15) is 0 Å².